The van der Waals surface area contributed by atoms with Crippen LogP contribution >= 0.6 is 12.4 Å². The van der Waals surface area contributed by atoms with Crippen molar-refractivity contribution in [2.24, 2.45) is 17.6 Å². The third-order valence-corrected chi connectivity index (χ3v) is 5.22. The predicted octanol–water partition coefficient (Wildman–Crippen LogP) is 2.58. The van der Waals surface area contributed by atoms with E-state index < -0.39 is 4.92 Å². The van der Waals surface area contributed by atoms with E-state index >= 15 is 0 Å². The van der Waals surface area contributed by atoms with Crippen molar-refractivity contribution >= 4 is 24.0 Å². The van der Waals surface area contributed by atoms with Crippen LogP contribution in [-0.4, -0.2) is 22.9 Å². The van der Waals surface area contributed by atoms with Crippen LogP contribution < -0.4 is 11.1 Å². The molecule has 7 heteroatoms. The van der Waals surface area contributed by atoms with Gasteiger partial charge in [-0.05, 0) is 43.1 Å². The summed E-state index contributed by atoms with van der Waals surface area (Å²) in [7, 11) is 0. The maximum atomic E-state index is 12.3. The summed E-state index contributed by atoms with van der Waals surface area (Å²) in [5.74, 6) is 0.993. The first-order chi connectivity index (χ1) is 11.0. The smallest absolute Gasteiger partial charge is 0.269 e. The van der Waals surface area contributed by atoms with E-state index in [1.807, 2.05) is 0 Å². The van der Waals surface area contributed by atoms with Gasteiger partial charge in [0.05, 0.1) is 11.3 Å². The third-order valence-electron chi connectivity index (χ3n) is 5.22. The largest absolute Gasteiger partial charge is 0.353 e. The monoisotopic (exact) mass is 353 g/mol. The first-order valence-corrected chi connectivity index (χ1v) is 8.31. The number of fused-ring (bicyclic) bond motifs is 2. The Bertz CT molecular complexity index is 579. The lowest BCUT2D eigenvalue weighted by molar-refractivity contribution is -0.384. The molecule has 0 heterocycles. The van der Waals surface area contributed by atoms with Gasteiger partial charge >= 0.3 is 0 Å². The van der Waals surface area contributed by atoms with Crippen molar-refractivity contribution in [3.8, 4) is 0 Å². The van der Waals surface area contributed by atoms with Crippen LogP contribution in [0.5, 0.6) is 0 Å². The van der Waals surface area contributed by atoms with Gasteiger partial charge in [-0.25, -0.2) is 0 Å². The fourth-order valence-electron chi connectivity index (χ4n) is 4.18. The van der Waals surface area contributed by atoms with Crippen LogP contribution in [0.4, 0.5) is 5.69 Å². The van der Waals surface area contributed by atoms with Gasteiger partial charge in [0, 0.05) is 24.2 Å². The molecule has 2 aliphatic rings. The number of nitrogens with two attached hydrogens (primary N) is 1. The summed E-state index contributed by atoms with van der Waals surface area (Å²) >= 11 is 0. The molecule has 132 valence electrons. The second-order valence-corrected chi connectivity index (χ2v) is 6.88. The van der Waals surface area contributed by atoms with Crippen molar-refractivity contribution in [3.63, 3.8) is 0 Å². The number of rotatable bonds is 4. The fourth-order valence-corrected chi connectivity index (χ4v) is 4.18. The van der Waals surface area contributed by atoms with Crippen molar-refractivity contribution in [3.05, 3.63) is 39.9 Å². The van der Waals surface area contributed by atoms with Gasteiger partial charge in [-0.1, -0.05) is 18.6 Å². The summed E-state index contributed by atoms with van der Waals surface area (Å²) in [6.45, 7) is 0. The van der Waals surface area contributed by atoms with Crippen LogP contribution in [0.3, 0.4) is 0 Å². The van der Waals surface area contributed by atoms with E-state index in [9.17, 15) is 14.9 Å². The van der Waals surface area contributed by atoms with E-state index in [1.165, 1.54) is 18.6 Å². The van der Waals surface area contributed by atoms with Gasteiger partial charge in [0.1, 0.15) is 0 Å². The van der Waals surface area contributed by atoms with E-state index in [0.29, 0.717) is 11.8 Å². The Morgan fingerprint density at radius 2 is 1.79 bits per heavy atom. The molecule has 1 aromatic carbocycles. The molecule has 2 atom stereocenters. The minimum Gasteiger partial charge on any atom is -0.353 e. The number of carbonyl (C=O) groups is 1. The van der Waals surface area contributed by atoms with Crippen molar-refractivity contribution in [1.82, 2.24) is 5.32 Å². The van der Waals surface area contributed by atoms with E-state index in [4.69, 9.17) is 5.73 Å². The topological polar surface area (TPSA) is 98.3 Å². The molecular weight excluding hydrogens is 330 g/mol. The summed E-state index contributed by atoms with van der Waals surface area (Å²) in [5.41, 5.74) is 6.96. The summed E-state index contributed by atoms with van der Waals surface area (Å²) in [5, 5.41) is 13.9. The zero-order valence-electron chi connectivity index (χ0n) is 13.5. The second kappa shape index (κ2) is 7.94. The molecule has 0 aromatic heterocycles. The van der Waals surface area contributed by atoms with Gasteiger partial charge in [0.2, 0.25) is 5.91 Å². The highest BCUT2D eigenvalue weighted by Crippen LogP contribution is 2.39. The Labute approximate surface area is 147 Å². The number of nitrogens with one attached hydrogen (secondary N) is 1. The lowest BCUT2D eigenvalue weighted by Crippen LogP contribution is -2.54. The molecule has 24 heavy (non-hydrogen) atoms. The van der Waals surface area contributed by atoms with E-state index in [2.05, 4.69) is 5.32 Å². The van der Waals surface area contributed by atoms with Crippen LogP contribution in [0.1, 0.15) is 37.7 Å². The molecule has 2 bridgehead atoms. The molecule has 2 aliphatic carbocycles. The van der Waals surface area contributed by atoms with Gasteiger partial charge in [-0.2, -0.15) is 0 Å². The fraction of sp³-hybridized carbons (Fsp3) is 0.588. The lowest BCUT2D eigenvalue weighted by atomic mass is 9.67. The molecule has 1 aromatic rings. The molecule has 2 unspecified atom stereocenters. The SMILES string of the molecule is Cl.NC1CC2CCCC(C1)C2NC(=O)Cc1ccc([N+](=O)[O-])cc1. The number of nitro groups is 1. The minimum absolute atomic E-state index is 0. The van der Waals surface area contributed by atoms with Gasteiger partial charge in [-0.15, -0.1) is 12.4 Å². The highest BCUT2D eigenvalue weighted by Gasteiger charge is 2.39. The number of hydrogen-bond acceptors (Lipinski definition) is 4. The molecule has 6 nitrogen and oxygen atoms in total. The van der Waals surface area contributed by atoms with Crippen LogP contribution in [0, 0.1) is 22.0 Å². The summed E-state index contributed by atoms with van der Waals surface area (Å²) in [6, 6.07) is 6.70. The highest BCUT2D eigenvalue weighted by molar-refractivity contribution is 5.85. The maximum absolute atomic E-state index is 12.3. The van der Waals surface area contributed by atoms with Gasteiger partial charge in [-0.3, -0.25) is 14.9 Å². The Kier molecular flexibility index (Phi) is 6.18. The Balaban J connectivity index is 0.00000208. The van der Waals surface area contributed by atoms with Gasteiger partial charge < -0.3 is 11.1 Å². The summed E-state index contributed by atoms with van der Waals surface area (Å²) in [4.78, 5) is 22.6. The maximum Gasteiger partial charge on any atom is 0.269 e. The molecule has 2 fully saturated rings. The molecule has 0 spiro atoms. The average molecular weight is 354 g/mol. The quantitative estimate of drug-likeness (QED) is 0.642. The van der Waals surface area contributed by atoms with Gasteiger partial charge in [0.15, 0.2) is 0 Å². The van der Waals surface area contributed by atoms with E-state index in [-0.39, 0.29) is 42.5 Å². The molecule has 0 aliphatic heterocycles. The number of benzene rings is 1. The molecule has 2 saturated carbocycles. The molecule has 3 rings (SSSR count). The highest BCUT2D eigenvalue weighted by atomic mass is 35.5. The number of amides is 1. The Hall–Kier alpha value is -1.66. The number of hydrogen-bond donors (Lipinski definition) is 2. The third kappa shape index (κ3) is 4.24. The number of non-ortho nitro benzene ring substituents is 1. The summed E-state index contributed by atoms with van der Waals surface area (Å²) in [6.07, 6.45) is 5.79. The number of carbonyl (C=O) groups excluding carboxylic acids is 1. The van der Waals surface area contributed by atoms with Crippen molar-refractivity contribution in [2.45, 2.75) is 50.6 Å². The second-order valence-electron chi connectivity index (χ2n) is 6.88. The first-order valence-electron chi connectivity index (χ1n) is 8.31. The molecule has 1 amide bonds. The zero-order chi connectivity index (χ0) is 16.4. The first kappa shape index (κ1) is 18.7. The van der Waals surface area contributed by atoms with Crippen LogP contribution in [0.25, 0.3) is 0 Å². The molecule has 3 N–H and O–H groups in total. The van der Waals surface area contributed by atoms with Crippen molar-refractivity contribution in [2.75, 3.05) is 0 Å². The molecule has 0 radical (unpaired) electrons. The Morgan fingerprint density at radius 1 is 1.21 bits per heavy atom. The van der Waals surface area contributed by atoms with E-state index in [1.54, 1.807) is 12.1 Å². The standard InChI is InChI=1S/C17H23N3O3.ClH/c18-14-9-12-2-1-3-13(10-14)17(12)19-16(21)8-11-4-6-15(7-5-11)20(22)23;/h4-7,12-14,17H,1-3,8-10,18H2,(H,19,21);1H. The number of nitro benzene ring substituents is 1. The Morgan fingerprint density at radius 3 is 2.33 bits per heavy atom. The normalized spacial score (nSPS) is 28.5. The molecule has 0 saturated heterocycles. The number of halogens is 1. The molecular formula is C17H24ClN3O3. The van der Waals surface area contributed by atoms with Crippen LogP contribution in [0.2, 0.25) is 0 Å². The van der Waals surface area contributed by atoms with Crippen molar-refractivity contribution < 1.29 is 9.72 Å². The predicted molar refractivity (Wildman–Crippen MR) is 94.0 cm³/mol. The summed E-state index contributed by atoms with van der Waals surface area (Å²) < 4.78 is 0. The number of nitrogens with zero attached hydrogens (tertiary/aromatic N) is 1. The zero-order valence-corrected chi connectivity index (χ0v) is 14.3. The van der Waals surface area contributed by atoms with E-state index in [0.717, 1.165) is 31.2 Å². The average Bonchev–Trinajstić information content (AvgIpc) is 2.48. The van der Waals surface area contributed by atoms with Crippen LogP contribution in [-0.2, 0) is 11.2 Å². The van der Waals surface area contributed by atoms with Crippen LogP contribution in [0.15, 0.2) is 24.3 Å². The van der Waals surface area contributed by atoms with Gasteiger partial charge in [0.25, 0.3) is 5.69 Å². The minimum atomic E-state index is -0.434. The lowest BCUT2D eigenvalue weighted by Gasteiger charge is -2.45. The van der Waals surface area contributed by atoms with Crippen molar-refractivity contribution in [1.29, 1.82) is 0 Å².